The molecule has 0 saturated heterocycles. The van der Waals surface area contributed by atoms with Gasteiger partial charge in [0.2, 0.25) is 0 Å². The smallest absolute Gasteiger partial charge is 0.326 e. The van der Waals surface area contributed by atoms with Crippen LogP contribution < -0.4 is 15.0 Å². The van der Waals surface area contributed by atoms with E-state index in [0.29, 0.717) is 22.9 Å². The van der Waals surface area contributed by atoms with Crippen LogP contribution in [0.4, 0.5) is 25.0 Å². The lowest BCUT2D eigenvalue weighted by molar-refractivity contribution is 0.188. The van der Waals surface area contributed by atoms with Crippen molar-refractivity contribution in [1.82, 2.24) is 0 Å². The van der Waals surface area contributed by atoms with Crippen LogP contribution in [0.25, 0.3) is 0 Å². The highest BCUT2D eigenvalue weighted by Gasteiger charge is 2.29. The van der Waals surface area contributed by atoms with Crippen LogP contribution in [0.15, 0.2) is 36.4 Å². The quantitative estimate of drug-likeness (QED) is 0.841. The number of hydrogen-bond donors (Lipinski definition) is 1. The molecule has 1 aliphatic rings. The maximum absolute atomic E-state index is 13.8. The molecule has 1 N–H and O–H groups in total. The molecule has 4 nitrogen and oxygen atoms in total. The van der Waals surface area contributed by atoms with Gasteiger partial charge in [-0.15, -0.1) is 0 Å². The minimum absolute atomic E-state index is 0.193. The Bertz CT molecular complexity index is 785. The molecule has 0 saturated carbocycles. The van der Waals surface area contributed by atoms with E-state index in [0.717, 1.165) is 18.2 Å². The number of rotatable bonds is 2. The molecule has 0 aliphatic carbocycles. The lowest BCUT2D eigenvalue weighted by Crippen LogP contribution is -2.45. The molecule has 2 aromatic rings. The Kier molecular flexibility index (Phi) is 4.57. The molecule has 0 aromatic heterocycles. The average molecular weight is 353 g/mol. The minimum Gasteiger partial charge on any atom is -0.486 e. The van der Waals surface area contributed by atoms with Crippen molar-refractivity contribution in [2.75, 3.05) is 16.8 Å². The fourth-order valence-corrected chi connectivity index (χ4v) is 2.67. The Hall–Kier alpha value is -2.34. The summed E-state index contributed by atoms with van der Waals surface area (Å²) in [6, 6.07) is 7.26. The van der Waals surface area contributed by atoms with E-state index in [9.17, 15) is 13.6 Å². The highest BCUT2D eigenvalue weighted by molar-refractivity contribution is 6.31. The topological polar surface area (TPSA) is 41.6 Å². The molecular formula is C17H15ClF2N2O2. The van der Waals surface area contributed by atoms with Crippen LogP contribution in [0.3, 0.4) is 0 Å². The van der Waals surface area contributed by atoms with Gasteiger partial charge < -0.3 is 10.1 Å². The van der Waals surface area contributed by atoms with Crippen molar-refractivity contribution in [2.45, 2.75) is 19.4 Å². The molecular weight excluding hydrogens is 338 g/mol. The highest BCUT2D eigenvalue weighted by atomic mass is 35.5. The van der Waals surface area contributed by atoms with Gasteiger partial charge in [0.05, 0.1) is 17.9 Å². The van der Waals surface area contributed by atoms with Crippen LogP contribution >= 0.6 is 11.6 Å². The molecule has 126 valence electrons. The first-order valence-corrected chi connectivity index (χ1v) is 7.85. The molecule has 2 aromatic carbocycles. The third-order valence-electron chi connectivity index (χ3n) is 3.76. The van der Waals surface area contributed by atoms with Crippen molar-refractivity contribution in [2.24, 2.45) is 0 Å². The van der Waals surface area contributed by atoms with Crippen molar-refractivity contribution in [3.05, 3.63) is 53.1 Å². The maximum atomic E-state index is 13.8. The van der Waals surface area contributed by atoms with Crippen LogP contribution in [0.2, 0.25) is 5.02 Å². The van der Waals surface area contributed by atoms with E-state index in [4.69, 9.17) is 16.3 Å². The van der Waals surface area contributed by atoms with Gasteiger partial charge >= 0.3 is 6.03 Å². The molecule has 0 radical (unpaired) electrons. The number of halogens is 3. The van der Waals surface area contributed by atoms with Gasteiger partial charge in [-0.1, -0.05) is 18.5 Å². The number of nitrogens with zero attached hydrogens (tertiary/aromatic N) is 1. The summed E-state index contributed by atoms with van der Waals surface area (Å²) in [5.41, 5.74) is 0.268. The Balaban J connectivity index is 1.91. The standard InChI is InChI=1S/C17H15ClF2N2O2/c1-2-12-9-22(15-7-10(18)3-6-16(15)24-12)17(23)21-14-8-11(19)4-5-13(14)20/h3-8,12H,2,9H2,1H3,(H,21,23). The SMILES string of the molecule is CCC1CN(C(=O)Nc2cc(F)ccc2F)c2cc(Cl)ccc2O1. The Morgan fingerprint density at radius 1 is 1.33 bits per heavy atom. The van der Waals surface area contributed by atoms with Crippen LogP contribution in [0, 0.1) is 11.6 Å². The van der Waals surface area contributed by atoms with Crippen molar-refractivity contribution in [3.8, 4) is 5.75 Å². The summed E-state index contributed by atoms with van der Waals surface area (Å²) < 4.78 is 32.8. The number of benzene rings is 2. The maximum Gasteiger partial charge on any atom is 0.326 e. The predicted molar refractivity (Wildman–Crippen MR) is 88.9 cm³/mol. The number of carbonyl (C=O) groups is 1. The van der Waals surface area contributed by atoms with Crippen molar-refractivity contribution in [1.29, 1.82) is 0 Å². The van der Waals surface area contributed by atoms with Gasteiger partial charge in [0.1, 0.15) is 23.5 Å². The number of ether oxygens (including phenoxy) is 1. The number of urea groups is 1. The average Bonchev–Trinajstić information content (AvgIpc) is 2.57. The van der Waals surface area contributed by atoms with Crippen LogP contribution in [0.1, 0.15) is 13.3 Å². The number of carbonyl (C=O) groups excluding carboxylic acids is 1. The minimum atomic E-state index is -0.712. The normalized spacial score (nSPS) is 16.3. The molecule has 3 rings (SSSR count). The van der Waals surface area contributed by atoms with E-state index in [1.165, 1.54) is 4.90 Å². The second-order valence-electron chi connectivity index (χ2n) is 5.43. The van der Waals surface area contributed by atoms with Gasteiger partial charge in [-0.2, -0.15) is 0 Å². The third kappa shape index (κ3) is 3.28. The zero-order chi connectivity index (χ0) is 17.3. The molecule has 2 amide bonds. The van der Waals surface area contributed by atoms with Crippen molar-refractivity contribution >= 4 is 29.0 Å². The van der Waals surface area contributed by atoms with E-state index in [-0.39, 0.29) is 18.3 Å². The summed E-state index contributed by atoms with van der Waals surface area (Å²) in [7, 11) is 0. The van der Waals surface area contributed by atoms with Gasteiger partial charge in [0.15, 0.2) is 0 Å². The molecule has 24 heavy (non-hydrogen) atoms. The molecule has 1 aliphatic heterocycles. The van der Waals surface area contributed by atoms with Gasteiger partial charge in [-0.25, -0.2) is 13.6 Å². The number of hydrogen-bond acceptors (Lipinski definition) is 2. The van der Waals surface area contributed by atoms with Crippen molar-refractivity contribution < 1.29 is 18.3 Å². The van der Waals surface area contributed by atoms with Gasteiger partial charge in [-0.05, 0) is 36.8 Å². The van der Waals surface area contributed by atoms with E-state index >= 15 is 0 Å². The first-order valence-electron chi connectivity index (χ1n) is 7.47. The first-order chi connectivity index (χ1) is 11.5. The zero-order valence-electron chi connectivity index (χ0n) is 12.9. The summed E-state index contributed by atoms with van der Waals surface area (Å²) >= 11 is 6.00. The summed E-state index contributed by atoms with van der Waals surface area (Å²) in [5.74, 6) is -0.827. The Labute approximate surface area is 143 Å². The van der Waals surface area contributed by atoms with E-state index in [1.54, 1.807) is 18.2 Å². The van der Waals surface area contributed by atoms with E-state index in [1.807, 2.05) is 6.92 Å². The summed E-state index contributed by atoms with van der Waals surface area (Å²) in [4.78, 5) is 14.0. The molecule has 1 atom stereocenters. The predicted octanol–water partition coefficient (Wildman–Crippen LogP) is 4.83. The monoisotopic (exact) mass is 352 g/mol. The fourth-order valence-electron chi connectivity index (χ4n) is 2.50. The molecule has 7 heteroatoms. The van der Waals surface area contributed by atoms with Crippen LogP contribution in [-0.2, 0) is 0 Å². The zero-order valence-corrected chi connectivity index (χ0v) is 13.6. The lowest BCUT2D eigenvalue weighted by atomic mass is 10.1. The van der Waals surface area contributed by atoms with Crippen molar-refractivity contribution in [3.63, 3.8) is 0 Å². The summed E-state index contributed by atoms with van der Waals surface area (Å²) in [6.07, 6.45) is 0.502. The second kappa shape index (κ2) is 6.65. The highest BCUT2D eigenvalue weighted by Crippen LogP contribution is 2.36. The second-order valence-corrected chi connectivity index (χ2v) is 5.86. The van der Waals surface area contributed by atoms with E-state index in [2.05, 4.69) is 5.32 Å². The molecule has 0 bridgehead atoms. The van der Waals surface area contributed by atoms with Gasteiger partial charge in [-0.3, -0.25) is 4.90 Å². The van der Waals surface area contributed by atoms with Crippen LogP contribution in [-0.4, -0.2) is 18.7 Å². The van der Waals surface area contributed by atoms with Gasteiger partial charge in [0.25, 0.3) is 0 Å². The molecule has 1 unspecified atom stereocenters. The molecule has 0 spiro atoms. The van der Waals surface area contributed by atoms with Gasteiger partial charge in [0, 0.05) is 11.1 Å². The van der Waals surface area contributed by atoms with E-state index < -0.39 is 17.7 Å². The lowest BCUT2D eigenvalue weighted by Gasteiger charge is -2.34. The van der Waals surface area contributed by atoms with Crippen LogP contribution in [0.5, 0.6) is 5.75 Å². The summed E-state index contributed by atoms with van der Waals surface area (Å²) in [5, 5.41) is 2.85. The summed E-state index contributed by atoms with van der Waals surface area (Å²) in [6.45, 7) is 2.22. The largest absolute Gasteiger partial charge is 0.486 e. The first kappa shape index (κ1) is 16.5. The third-order valence-corrected chi connectivity index (χ3v) is 4.00. The molecule has 0 fully saturated rings. The number of amides is 2. The fraction of sp³-hybridized carbons (Fsp3) is 0.235. The number of nitrogens with one attached hydrogen (secondary N) is 1. The number of fused-ring (bicyclic) bond motifs is 1. The number of anilines is 2. The Morgan fingerprint density at radius 3 is 2.88 bits per heavy atom. The molecule has 1 heterocycles. The Morgan fingerprint density at radius 2 is 2.12 bits per heavy atom.